The molecule has 3 aromatic rings. The van der Waals surface area contributed by atoms with E-state index in [-0.39, 0.29) is 22.4 Å². The Hall–Kier alpha value is -3.18. The average Bonchev–Trinajstić information content (AvgIpc) is 3.03. The standard InChI is InChI=1S/C18H19ClN6O4S/c1-11(12-7-5-4-6-8-12)29-18(26)21-17-15(22-24-25(17)2)13-9-10-14(16(19)20-13)23-30(3,27)28/h4-11,23H,1-3H3,(H,21,26)/t11-/m1/s1. The molecule has 1 amide bonds. The van der Waals surface area contributed by atoms with Crippen LogP contribution in [0.1, 0.15) is 18.6 Å². The second-order valence-corrected chi connectivity index (χ2v) is 8.51. The van der Waals surface area contributed by atoms with Crippen molar-refractivity contribution in [3.63, 3.8) is 0 Å². The molecule has 0 aliphatic rings. The van der Waals surface area contributed by atoms with Crippen molar-refractivity contribution < 1.29 is 17.9 Å². The molecule has 0 fully saturated rings. The molecular weight excluding hydrogens is 432 g/mol. The fraction of sp³-hybridized carbons (Fsp3) is 0.222. The number of sulfonamides is 1. The van der Waals surface area contributed by atoms with Crippen LogP contribution in [0.5, 0.6) is 0 Å². The van der Waals surface area contributed by atoms with Crippen molar-refractivity contribution in [2.24, 2.45) is 7.05 Å². The molecule has 0 aliphatic heterocycles. The highest BCUT2D eigenvalue weighted by Crippen LogP contribution is 2.29. The van der Waals surface area contributed by atoms with Crippen LogP contribution in [-0.4, -0.2) is 40.7 Å². The molecule has 2 aromatic heterocycles. The monoisotopic (exact) mass is 450 g/mol. The van der Waals surface area contributed by atoms with Gasteiger partial charge in [0.2, 0.25) is 10.0 Å². The van der Waals surface area contributed by atoms with E-state index in [2.05, 4.69) is 25.3 Å². The third-order valence-electron chi connectivity index (χ3n) is 3.99. The van der Waals surface area contributed by atoms with Crippen molar-refractivity contribution in [3.05, 3.63) is 53.2 Å². The minimum absolute atomic E-state index is 0.0743. The summed E-state index contributed by atoms with van der Waals surface area (Å²) in [5.41, 5.74) is 1.50. The van der Waals surface area contributed by atoms with Gasteiger partial charge >= 0.3 is 6.09 Å². The van der Waals surface area contributed by atoms with Gasteiger partial charge in [0, 0.05) is 7.05 Å². The molecule has 0 spiro atoms. The molecule has 1 aromatic carbocycles. The molecule has 0 unspecified atom stereocenters. The minimum Gasteiger partial charge on any atom is -0.441 e. The summed E-state index contributed by atoms with van der Waals surface area (Å²) in [6.45, 7) is 1.76. The molecule has 12 heteroatoms. The Bertz CT molecular complexity index is 1170. The van der Waals surface area contributed by atoms with Crippen LogP contribution in [-0.2, 0) is 21.8 Å². The Labute approximate surface area is 178 Å². The summed E-state index contributed by atoms with van der Waals surface area (Å²) in [6, 6.07) is 12.2. The number of hydrogen-bond acceptors (Lipinski definition) is 7. The zero-order chi connectivity index (χ0) is 21.9. The van der Waals surface area contributed by atoms with Crippen LogP contribution in [0.3, 0.4) is 0 Å². The Kier molecular flexibility index (Phi) is 6.22. The number of rotatable bonds is 6. The van der Waals surface area contributed by atoms with Gasteiger partial charge in [0.15, 0.2) is 16.7 Å². The highest BCUT2D eigenvalue weighted by molar-refractivity contribution is 7.92. The van der Waals surface area contributed by atoms with E-state index < -0.39 is 22.2 Å². The van der Waals surface area contributed by atoms with E-state index in [4.69, 9.17) is 16.3 Å². The number of ether oxygens (including phenoxy) is 1. The topological polar surface area (TPSA) is 128 Å². The first-order valence-electron chi connectivity index (χ1n) is 8.71. The minimum atomic E-state index is -3.51. The lowest BCUT2D eigenvalue weighted by atomic mass is 10.1. The quantitative estimate of drug-likeness (QED) is 0.551. The van der Waals surface area contributed by atoms with E-state index in [0.29, 0.717) is 5.69 Å². The number of carbonyl (C=O) groups is 1. The molecule has 0 saturated heterocycles. The van der Waals surface area contributed by atoms with Crippen LogP contribution in [0, 0.1) is 0 Å². The molecule has 1 atom stereocenters. The van der Waals surface area contributed by atoms with Crippen LogP contribution < -0.4 is 10.0 Å². The summed E-state index contributed by atoms with van der Waals surface area (Å²) >= 11 is 6.08. The molecule has 30 heavy (non-hydrogen) atoms. The van der Waals surface area contributed by atoms with Crippen LogP contribution >= 0.6 is 11.6 Å². The number of halogens is 1. The van der Waals surface area contributed by atoms with E-state index in [1.165, 1.54) is 16.8 Å². The lowest BCUT2D eigenvalue weighted by molar-refractivity contribution is 0.121. The summed E-state index contributed by atoms with van der Waals surface area (Å²) in [7, 11) is -1.92. The van der Waals surface area contributed by atoms with Crippen LogP contribution in [0.25, 0.3) is 11.4 Å². The van der Waals surface area contributed by atoms with Gasteiger partial charge in [-0.15, -0.1) is 5.10 Å². The molecule has 10 nitrogen and oxygen atoms in total. The lowest BCUT2D eigenvalue weighted by Crippen LogP contribution is -2.18. The number of hydrogen-bond donors (Lipinski definition) is 2. The van der Waals surface area contributed by atoms with Crippen molar-refractivity contribution in [1.29, 1.82) is 0 Å². The zero-order valence-electron chi connectivity index (χ0n) is 16.3. The van der Waals surface area contributed by atoms with Gasteiger partial charge in [0.1, 0.15) is 6.10 Å². The van der Waals surface area contributed by atoms with E-state index in [0.717, 1.165) is 11.8 Å². The largest absolute Gasteiger partial charge is 0.441 e. The Morgan fingerprint density at radius 1 is 1.20 bits per heavy atom. The van der Waals surface area contributed by atoms with Gasteiger partial charge in [0.25, 0.3) is 0 Å². The molecule has 2 heterocycles. The number of benzene rings is 1. The first kappa shape index (κ1) is 21.5. The maximum atomic E-state index is 12.4. The van der Waals surface area contributed by atoms with E-state index in [1.54, 1.807) is 14.0 Å². The Balaban J connectivity index is 1.80. The van der Waals surface area contributed by atoms with Gasteiger partial charge in [-0.3, -0.25) is 10.0 Å². The van der Waals surface area contributed by atoms with Gasteiger partial charge in [-0.1, -0.05) is 47.1 Å². The zero-order valence-corrected chi connectivity index (χ0v) is 17.9. The molecule has 2 N–H and O–H groups in total. The van der Waals surface area contributed by atoms with Gasteiger partial charge < -0.3 is 4.74 Å². The van der Waals surface area contributed by atoms with Crippen LogP contribution in [0.2, 0.25) is 5.15 Å². The van der Waals surface area contributed by atoms with Crippen LogP contribution in [0.4, 0.5) is 16.3 Å². The molecular formula is C18H19ClN6O4S. The van der Waals surface area contributed by atoms with Crippen molar-refractivity contribution in [2.45, 2.75) is 13.0 Å². The number of amides is 1. The van der Waals surface area contributed by atoms with Crippen molar-refractivity contribution in [2.75, 3.05) is 16.3 Å². The summed E-state index contributed by atoms with van der Waals surface area (Å²) in [4.78, 5) is 16.5. The normalized spacial score (nSPS) is 12.3. The summed E-state index contributed by atoms with van der Waals surface area (Å²) in [5, 5.41) is 10.4. The van der Waals surface area contributed by atoms with Gasteiger partial charge in [-0.05, 0) is 24.6 Å². The number of aryl methyl sites for hydroxylation is 1. The number of pyridine rings is 1. The Morgan fingerprint density at radius 3 is 2.53 bits per heavy atom. The lowest BCUT2D eigenvalue weighted by Gasteiger charge is -2.14. The molecule has 3 rings (SSSR count). The number of carbonyl (C=O) groups excluding carboxylic acids is 1. The van der Waals surface area contributed by atoms with Crippen molar-refractivity contribution >= 4 is 39.2 Å². The molecule has 0 saturated carbocycles. The number of anilines is 2. The summed E-state index contributed by atoms with van der Waals surface area (Å²) < 4.78 is 31.8. The second kappa shape index (κ2) is 8.67. The van der Waals surface area contributed by atoms with Crippen molar-refractivity contribution in [1.82, 2.24) is 20.0 Å². The van der Waals surface area contributed by atoms with Gasteiger partial charge in [0.05, 0.1) is 17.6 Å². The maximum absolute atomic E-state index is 12.4. The molecule has 0 aliphatic carbocycles. The van der Waals surface area contributed by atoms with E-state index in [1.807, 2.05) is 30.3 Å². The third-order valence-corrected chi connectivity index (χ3v) is 4.87. The number of nitrogens with zero attached hydrogens (tertiary/aromatic N) is 4. The first-order chi connectivity index (χ1) is 14.1. The van der Waals surface area contributed by atoms with Gasteiger partial charge in [-0.2, -0.15) is 0 Å². The SMILES string of the molecule is C[C@@H](OC(=O)Nc1c(-c2ccc(NS(C)(=O)=O)c(Cl)n2)nnn1C)c1ccccc1. The fourth-order valence-electron chi connectivity index (χ4n) is 2.59. The second-order valence-electron chi connectivity index (χ2n) is 6.40. The van der Waals surface area contributed by atoms with Crippen LogP contribution in [0.15, 0.2) is 42.5 Å². The highest BCUT2D eigenvalue weighted by atomic mass is 35.5. The molecule has 0 radical (unpaired) electrons. The fourth-order valence-corrected chi connectivity index (χ4v) is 3.41. The summed E-state index contributed by atoms with van der Waals surface area (Å²) in [5.74, 6) is 0.243. The molecule has 158 valence electrons. The number of nitrogens with one attached hydrogen (secondary N) is 2. The smallest absolute Gasteiger partial charge is 0.413 e. The first-order valence-corrected chi connectivity index (χ1v) is 11.0. The van der Waals surface area contributed by atoms with E-state index in [9.17, 15) is 13.2 Å². The molecule has 0 bridgehead atoms. The van der Waals surface area contributed by atoms with Gasteiger partial charge in [-0.25, -0.2) is 22.9 Å². The van der Waals surface area contributed by atoms with E-state index >= 15 is 0 Å². The van der Waals surface area contributed by atoms with Crippen molar-refractivity contribution in [3.8, 4) is 11.4 Å². The predicted octanol–water partition coefficient (Wildman–Crippen LogP) is 3.21. The average molecular weight is 451 g/mol. The third kappa shape index (κ3) is 5.24. The number of aromatic nitrogens is 4. The Morgan fingerprint density at radius 2 is 1.90 bits per heavy atom. The summed E-state index contributed by atoms with van der Waals surface area (Å²) in [6.07, 6.45) is -0.159. The maximum Gasteiger partial charge on any atom is 0.413 e. The highest BCUT2D eigenvalue weighted by Gasteiger charge is 2.20. The predicted molar refractivity (Wildman–Crippen MR) is 113 cm³/mol.